The Morgan fingerprint density at radius 2 is 2.42 bits per heavy atom. The number of nitrogens with two attached hydrogens (primary N) is 1. The molecule has 5 N–H and O–H groups in total. The van der Waals surface area contributed by atoms with E-state index in [0.717, 1.165) is 0 Å². The van der Waals surface area contributed by atoms with Crippen molar-refractivity contribution in [2.24, 2.45) is 5.73 Å². The van der Waals surface area contributed by atoms with Gasteiger partial charge in [-0.1, -0.05) is 0 Å². The van der Waals surface area contributed by atoms with E-state index in [4.69, 9.17) is 21.0 Å². The maximum absolute atomic E-state index is 9.99. The molecule has 0 radical (unpaired) electrons. The molecule has 0 saturated heterocycles. The summed E-state index contributed by atoms with van der Waals surface area (Å²) in [6.45, 7) is 1.62. The minimum Gasteiger partial charge on any atom is -0.480 e. The van der Waals surface area contributed by atoms with Crippen LogP contribution in [0.3, 0.4) is 0 Å². The Hall–Kier alpha value is -1.30. The van der Waals surface area contributed by atoms with Gasteiger partial charge in [0.2, 0.25) is 0 Å². The Balaban J connectivity index is 3.37. The number of hydrogen-bond acceptors (Lipinski definition) is 3. The Bertz CT molecular complexity index is 171. The van der Waals surface area contributed by atoms with Crippen molar-refractivity contribution in [3.8, 4) is 0 Å². The number of rotatable bonds is 5. The molecule has 0 fully saturated rings. The predicted octanol–water partition coefficient (Wildman–Crippen LogP) is -1.04. The second-order valence-electron chi connectivity index (χ2n) is 2.37. The van der Waals surface area contributed by atoms with E-state index in [1.807, 2.05) is 0 Å². The van der Waals surface area contributed by atoms with Crippen LogP contribution in [0.25, 0.3) is 0 Å². The summed E-state index contributed by atoms with van der Waals surface area (Å²) < 4.78 is 4.74. The van der Waals surface area contributed by atoms with Crippen molar-refractivity contribution in [1.82, 2.24) is 5.32 Å². The van der Waals surface area contributed by atoms with Crippen molar-refractivity contribution in [1.29, 1.82) is 5.41 Å². The number of carboxylic acids is 1. The summed E-state index contributed by atoms with van der Waals surface area (Å²) in [5, 5.41) is 17.6. The first-order valence-electron chi connectivity index (χ1n) is 3.42. The number of carboxylic acid groups (broad SMARTS) is 1. The van der Waals surface area contributed by atoms with Crippen LogP contribution in [0.5, 0.6) is 0 Å². The zero-order valence-corrected chi connectivity index (χ0v) is 6.83. The Morgan fingerprint density at radius 3 is 2.83 bits per heavy atom. The van der Waals surface area contributed by atoms with Crippen molar-refractivity contribution < 1.29 is 14.6 Å². The van der Waals surface area contributed by atoms with Gasteiger partial charge in [0.25, 0.3) is 0 Å². The quantitative estimate of drug-likeness (QED) is 0.315. The second kappa shape index (κ2) is 5.36. The van der Waals surface area contributed by atoms with E-state index in [1.54, 1.807) is 6.92 Å². The summed E-state index contributed by atoms with van der Waals surface area (Å²) in [6, 6.07) is -0.151. The lowest BCUT2D eigenvalue weighted by Gasteiger charge is -2.12. The highest BCUT2D eigenvalue weighted by Crippen LogP contribution is 1.83. The van der Waals surface area contributed by atoms with Gasteiger partial charge in [0, 0.05) is 6.04 Å². The Kier molecular flexibility index (Phi) is 4.78. The van der Waals surface area contributed by atoms with Crippen molar-refractivity contribution in [3.05, 3.63) is 0 Å². The van der Waals surface area contributed by atoms with Crippen LogP contribution < -0.4 is 11.1 Å². The highest BCUT2D eigenvalue weighted by molar-refractivity contribution is 5.74. The molecule has 0 bridgehead atoms. The SMILES string of the molecule is CC(COCC(=O)O)NC(=N)N. The number of nitrogens with one attached hydrogen (secondary N) is 2. The summed E-state index contributed by atoms with van der Waals surface area (Å²) >= 11 is 0. The number of guanidine groups is 1. The Labute approximate surface area is 70.2 Å². The van der Waals surface area contributed by atoms with Gasteiger partial charge in [0.15, 0.2) is 5.96 Å². The average molecular weight is 175 g/mol. The molecule has 0 aromatic heterocycles. The third-order valence-corrected chi connectivity index (χ3v) is 0.995. The lowest BCUT2D eigenvalue weighted by molar-refractivity contribution is -0.142. The predicted molar refractivity (Wildman–Crippen MR) is 43.0 cm³/mol. The van der Waals surface area contributed by atoms with Crippen LogP contribution in [0.1, 0.15) is 6.92 Å². The van der Waals surface area contributed by atoms with E-state index in [2.05, 4.69) is 5.32 Å². The van der Waals surface area contributed by atoms with Crippen LogP contribution in [0.4, 0.5) is 0 Å². The third-order valence-electron chi connectivity index (χ3n) is 0.995. The summed E-state index contributed by atoms with van der Waals surface area (Å²) in [5.74, 6) is -1.16. The summed E-state index contributed by atoms with van der Waals surface area (Å²) in [5.41, 5.74) is 5.03. The zero-order chi connectivity index (χ0) is 9.56. The number of ether oxygens (including phenoxy) is 1. The largest absolute Gasteiger partial charge is 0.480 e. The molecule has 0 saturated carbocycles. The molecule has 6 nitrogen and oxygen atoms in total. The summed E-state index contributed by atoms with van der Waals surface area (Å²) in [4.78, 5) is 9.99. The van der Waals surface area contributed by atoms with Gasteiger partial charge in [0.05, 0.1) is 6.61 Å². The minimum atomic E-state index is -1.01. The van der Waals surface area contributed by atoms with Gasteiger partial charge >= 0.3 is 5.97 Å². The summed E-state index contributed by atoms with van der Waals surface area (Å²) in [7, 11) is 0. The van der Waals surface area contributed by atoms with Gasteiger partial charge in [0.1, 0.15) is 6.61 Å². The van der Waals surface area contributed by atoms with Crippen LogP contribution in [-0.2, 0) is 9.53 Å². The van der Waals surface area contributed by atoms with E-state index in [0.29, 0.717) is 0 Å². The van der Waals surface area contributed by atoms with Crippen LogP contribution in [-0.4, -0.2) is 36.3 Å². The van der Waals surface area contributed by atoms with E-state index >= 15 is 0 Å². The molecule has 0 aliphatic carbocycles. The first-order chi connectivity index (χ1) is 5.52. The molecule has 0 heterocycles. The molecule has 70 valence electrons. The number of carbonyl (C=O) groups is 1. The van der Waals surface area contributed by atoms with E-state index in [-0.39, 0.29) is 25.2 Å². The molecule has 0 amide bonds. The molecule has 12 heavy (non-hydrogen) atoms. The fraction of sp³-hybridized carbons (Fsp3) is 0.667. The van der Waals surface area contributed by atoms with E-state index in [9.17, 15) is 4.79 Å². The monoisotopic (exact) mass is 175 g/mol. The highest BCUT2D eigenvalue weighted by Gasteiger charge is 2.03. The molecular formula is C6H13N3O3. The van der Waals surface area contributed by atoms with Crippen LogP contribution in [0, 0.1) is 5.41 Å². The molecule has 1 atom stereocenters. The Morgan fingerprint density at radius 1 is 1.83 bits per heavy atom. The molecule has 6 heteroatoms. The molecule has 0 aliphatic heterocycles. The first-order valence-corrected chi connectivity index (χ1v) is 3.42. The fourth-order valence-corrected chi connectivity index (χ4v) is 0.630. The molecule has 0 aromatic carbocycles. The molecule has 0 aliphatic rings. The molecule has 0 spiro atoms. The summed E-state index contributed by atoms with van der Waals surface area (Å²) in [6.07, 6.45) is 0. The van der Waals surface area contributed by atoms with E-state index in [1.165, 1.54) is 0 Å². The molecule has 0 rings (SSSR count). The van der Waals surface area contributed by atoms with Crippen molar-refractivity contribution in [2.45, 2.75) is 13.0 Å². The first kappa shape index (κ1) is 10.7. The lowest BCUT2D eigenvalue weighted by Crippen LogP contribution is -2.40. The molecular weight excluding hydrogens is 162 g/mol. The van der Waals surface area contributed by atoms with Gasteiger partial charge in [-0.3, -0.25) is 5.41 Å². The van der Waals surface area contributed by atoms with Crippen LogP contribution in [0.15, 0.2) is 0 Å². The number of hydrogen-bond donors (Lipinski definition) is 4. The fourth-order valence-electron chi connectivity index (χ4n) is 0.630. The third kappa shape index (κ3) is 6.81. The highest BCUT2D eigenvalue weighted by atomic mass is 16.5. The van der Waals surface area contributed by atoms with Crippen molar-refractivity contribution >= 4 is 11.9 Å². The van der Waals surface area contributed by atoms with Gasteiger partial charge in [-0.2, -0.15) is 0 Å². The van der Waals surface area contributed by atoms with Crippen molar-refractivity contribution in [3.63, 3.8) is 0 Å². The van der Waals surface area contributed by atoms with Gasteiger partial charge in [-0.05, 0) is 6.92 Å². The van der Waals surface area contributed by atoms with Gasteiger partial charge in [-0.25, -0.2) is 4.79 Å². The van der Waals surface area contributed by atoms with Crippen LogP contribution >= 0.6 is 0 Å². The maximum Gasteiger partial charge on any atom is 0.329 e. The van der Waals surface area contributed by atoms with Gasteiger partial charge in [-0.15, -0.1) is 0 Å². The van der Waals surface area contributed by atoms with E-state index < -0.39 is 5.97 Å². The zero-order valence-electron chi connectivity index (χ0n) is 6.83. The standard InChI is InChI=1S/C6H13N3O3/c1-4(9-6(7)8)2-12-3-5(10)11/h4H,2-3H2,1H3,(H,10,11)(H4,7,8,9). The van der Waals surface area contributed by atoms with Crippen LogP contribution in [0.2, 0.25) is 0 Å². The molecule has 1 unspecified atom stereocenters. The average Bonchev–Trinajstić information content (AvgIpc) is 1.84. The maximum atomic E-state index is 9.99. The second-order valence-corrected chi connectivity index (χ2v) is 2.37. The normalized spacial score (nSPS) is 12.1. The minimum absolute atomic E-state index is 0.151. The van der Waals surface area contributed by atoms with Gasteiger partial charge < -0.3 is 20.9 Å². The topological polar surface area (TPSA) is 108 Å². The lowest BCUT2D eigenvalue weighted by atomic mass is 10.4. The van der Waals surface area contributed by atoms with Crippen molar-refractivity contribution in [2.75, 3.05) is 13.2 Å². The smallest absolute Gasteiger partial charge is 0.329 e. The number of aliphatic carboxylic acids is 1. The molecule has 0 aromatic rings.